The Labute approximate surface area is 71.8 Å². The summed E-state index contributed by atoms with van der Waals surface area (Å²) in [5.41, 5.74) is 0. The van der Waals surface area contributed by atoms with Crippen LogP contribution in [0, 0.1) is 0 Å². The largest absolute Gasteiger partial charge is 0.268 e. The van der Waals surface area contributed by atoms with Crippen molar-refractivity contribution in [2.45, 2.75) is 0 Å². The fourth-order valence-electron chi connectivity index (χ4n) is 1.04. The van der Waals surface area contributed by atoms with Gasteiger partial charge in [0, 0.05) is 12.3 Å². The van der Waals surface area contributed by atoms with Crippen LogP contribution in [0.4, 0.5) is 0 Å². The zero-order valence-corrected chi connectivity index (χ0v) is 7.20. The Balaban J connectivity index is 3.52. The lowest BCUT2D eigenvalue weighted by molar-refractivity contribution is 0.743. The van der Waals surface area contributed by atoms with Crippen molar-refractivity contribution in [1.29, 1.82) is 0 Å². The fourth-order valence-corrected chi connectivity index (χ4v) is 1.04. The lowest BCUT2D eigenvalue weighted by Gasteiger charge is -1.85. The Bertz CT molecular complexity index is 396. The highest BCUT2D eigenvalue weighted by molar-refractivity contribution is 5.39. The van der Waals surface area contributed by atoms with Crippen molar-refractivity contribution in [3.8, 4) is 0 Å². The molecule has 12 heavy (non-hydrogen) atoms. The average Bonchev–Trinajstić information content (AvgIpc) is 2.37. The molecule has 0 fully saturated rings. The Kier molecular flexibility index (Phi) is 2.64. The molecule has 2 heteroatoms. The lowest BCUT2D eigenvalue weighted by atomic mass is 10.3. The predicted molar refractivity (Wildman–Crippen MR) is 51.8 cm³/mol. The van der Waals surface area contributed by atoms with Crippen LogP contribution in [0.2, 0.25) is 0 Å². The number of allylic oxidation sites excluding steroid dienone is 2. The first-order valence-corrected chi connectivity index (χ1v) is 3.73. The van der Waals surface area contributed by atoms with Crippen LogP contribution >= 0.6 is 0 Å². The highest BCUT2D eigenvalue weighted by Crippen LogP contribution is 1.69. The van der Waals surface area contributed by atoms with E-state index >= 15 is 0 Å². The van der Waals surface area contributed by atoms with Crippen molar-refractivity contribution in [2.75, 3.05) is 0 Å². The maximum absolute atomic E-state index is 4.11. The summed E-state index contributed by atoms with van der Waals surface area (Å²) in [5, 5.41) is 6.22. The normalized spacial score (nSPS) is 13.4. The van der Waals surface area contributed by atoms with Gasteiger partial charge < -0.3 is 0 Å². The number of hydrogen-bond acceptors (Lipinski definition) is 1. The quantitative estimate of drug-likeness (QED) is 0.610. The molecule has 0 saturated heterocycles. The lowest BCUT2D eigenvalue weighted by Crippen LogP contribution is -2.27. The minimum absolute atomic E-state index is 1.05. The van der Waals surface area contributed by atoms with Crippen LogP contribution < -0.4 is 10.6 Å². The van der Waals surface area contributed by atoms with E-state index in [2.05, 4.69) is 18.3 Å². The van der Waals surface area contributed by atoms with E-state index in [1.54, 1.807) is 23.0 Å². The SMILES string of the molecule is C=C/C=c1/cnn(C)/c1=C/C=C. The molecule has 0 aliphatic rings. The molecule has 0 aliphatic heterocycles. The summed E-state index contributed by atoms with van der Waals surface area (Å²) in [6.07, 6.45) is 9.14. The van der Waals surface area contributed by atoms with Gasteiger partial charge in [-0.15, -0.1) is 0 Å². The molecule has 2 nitrogen and oxygen atoms in total. The Morgan fingerprint density at radius 2 is 2.00 bits per heavy atom. The Hall–Kier alpha value is -1.57. The summed E-state index contributed by atoms with van der Waals surface area (Å²) in [6.45, 7) is 7.28. The van der Waals surface area contributed by atoms with Gasteiger partial charge in [-0.1, -0.05) is 31.4 Å². The first kappa shape index (κ1) is 8.53. The highest BCUT2D eigenvalue weighted by Gasteiger charge is 1.88. The third kappa shape index (κ3) is 1.53. The molecule has 0 aliphatic carbocycles. The standard InChI is InChI=1S/C10H12N2/c1-4-6-9-8-11-12(3)10(9)7-5-2/h4-8H,1-2H2,3H3/b9-6-,10-7+. The number of aryl methyl sites for hydroxylation is 1. The smallest absolute Gasteiger partial charge is 0.0678 e. The zero-order chi connectivity index (χ0) is 8.97. The van der Waals surface area contributed by atoms with Gasteiger partial charge >= 0.3 is 0 Å². The van der Waals surface area contributed by atoms with Crippen molar-refractivity contribution < 1.29 is 0 Å². The number of rotatable bonds is 2. The fraction of sp³-hybridized carbons (Fsp3) is 0.100. The van der Waals surface area contributed by atoms with Crippen molar-refractivity contribution in [3.63, 3.8) is 0 Å². The minimum Gasteiger partial charge on any atom is -0.268 e. The number of nitrogens with zero attached hydrogens (tertiary/aromatic N) is 2. The van der Waals surface area contributed by atoms with E-state index in [0.717, 1.165) is 10.6 Å². The van der Waals surface area contributed by atoms with E-state index in [4.69, 9.17) is 0 Å². The minimum atomic E-state index is 1.05. The number of aromatic nitrogens is 2. The second-order valence-corrected chi connectivity index (χ2v) is 2.41. The zero-order valence-electron chi connectivity index (χ0n) is 7.20. The first-order valence-electron chi connectivity index (χ1n) is 3.73. The molecular formula is C10H12N2. The van der Waals surface area contributed by atoms with E-state index < -0.39 is 0 Å². The summed E-state index contributed by atoms with van der Waals surface area (Å²) in [7, 11) is 1.90. The summed E-state index contributed by atoms with van der Waals surface area (Å²) < 4.78 is 1.80. The van der Waals surface area contributed by atoms with E-state index in [1.807, 2.05) is 19.2 Å². The number of hydrogen-bond donors (Lipinski definition) is 0. The molecule has 0 unspecified atom stereocenters. The van der Waals surface area contributed by atoms with E-state index in [0.29, 0.717) is 0 Å². The monoisotopic (exact) mass is 160 g/mol. The Morgan fingerprint density at radius 1 is 1.33 bits per heavy atom. The van der Waals surface area contributed by atoms with Crippen molar-refractivity contribution in [1.82, 2.24) is 9.78 Å². The Morgan fingerprint density at radius 3 is 2.58 bits per heavy atom. The van der Waals surface area contributed by atoms with Crippen LogP contribution in [0.15, 0.2) is 31.5 Å². The first-order chi connectivity index (χ1) is 5.79. The van der Waals surface area contributed by atoms with Gasteiger partial charge in [-0.05, 0) is 6.08 Å². The predicted octanol–water partition coefficient (Wildman–Crippen LogP) is 0.353. The molecule has 62 valence electrons. The molecule has 0 bridgehead atoms. The second-order valence-electron chi connectivity index (χ2n) is 2.41. The summed E-state index contributed by atoms with van der Waals surface area (Å²) in [5.74, 6) is 0. The van der Waals surface area contributed by atoms with Crippen LogP contribution in [0.25, 0.3) is 12.2 Å². The third-order valence-corrected chi connectivity index (χ3v) is 1.59. The molecule has 0 amide bonds. The van der Waals surface area contributed by atoms with Gasteiger partial charge in [0.25, 0.3) is 0 Å². The summed E-state index contributed by atoms with van der Waals surface area (Å²) in [6, 6.07) is 0. The van der Waals surface area contributed by atoms with Gasteiger partial charge in [0.2, 0.25) is 0 Å². The molecule has 0 aromatic carbocycles. The second kappa shape index (κ2) is 3.72. The molecule has 1 aromatic heterocycles. The van der Waals surface area contributed by atoms with E-state index in [1.165, 1.54) is 0 Å². The van der Waals surface area contributed by atoms with Crippen LogP contribution in [-0.4, -0.2) is 9.78 Å². The van der Waals surface area contributed by atoms with Crippen LogP contribution in [0.3, 0.4) is 0 Å². The molecule has 1 aromatic rings. The van der Waals surface area contributed by atoms with Crippen molar-refractivity contribution in [2.24, 2.45) is 7.05 Å². The van der Waals surface area contributed by atoms with Crippen LogP contribution in [-0.2, 0) is 7.05 Å². The van der Waals surface area contributed by atoms with E-state index in [9.17, 15) is 0 Å². The summed E-state index contributed by atoms with van der Waals surface area (Å²) >= 11 is 0. The van der Waals surface area contributed by atoms with Crippen molar-refractivity contribution >= 4 is 12.2 Å². The maximum atomic E-state index is 4.11. The van der Waals surface area contributed by atoms with Crippen LogP contribution in [0.5, 0.6) is 0 Å². The van der Waals surface area contributed by atoms with Crippen molar-refractivity contribution in [3.05, 3.63) is 42.1 Å². The van der Waals surface area contributed by atoms with Gasteiger partial charge in [0.05, 0.1) is 11.5 Å². The molecule has 0 N–H and O–H groups in total. The summed E-state index contributed by atoms with van der Waals surface area (Å²) in [4.78, 5) is 0. The van der Waals surface area contributed by atoms with Gasteiger partial charge in [-0.2, -0.15) is 5.10 Å². The van der Waals surface area contributed by atoms with E-state index in [-0.39, 0.29) is 0 Å². The molecule has 1 rings (SSSR count). The maximum Gasteiger partial charge on any atom is 0.0678 e. The molecule has 0 spiro atoms. The van der Waals surface area contributed by atoms with Gasteiger partial charge in [0.15, 0.2) is 0 Å². The highest BCUT2D eigenvalue weighted by atomic mass is 15.2. The molecule has 0 radical (unpaired) electrons. The topological polar surface area (TPSA) is 17.8 Å². The molecule has 1 heterocycles. The third-order valence-electron chi connectivity index (χ3n) is 1.59. The molecule has 0 atom stereocenters. The molecule has 0 saturated carbocycles. The van der Waals surface area contributed by atoms with Gasteiger partial charge in [-0.3, -0.25) is 4.68 Å². The van der Waals surface area contributed by atoms with Gasteiger partial charge in [0.1, 0.15) is 0 Å². The van der Waals surface area contributed by atoms with Gasteiger partial charge in [-0.25, -0.2) is 0 Å². The average molecular weight is 160 g/mol. The van der Waals surface area contributed by atoms with Crippen LogP contribution in [0.1, 0.15) is 0 Å². The molecular weight excluding hydrogens is 148 g/mol.